The lowest BCUT2D eigenvalue weighted by Crippen LogP contribution is -2.12. The van der Waals surface area contributed by atoms with Crippen molar-refractivity contribution < 1.29 is 4.79 Å². The zero-order chi connectivity index (χ0) is 9.42. The molecule has 0 atom stereocenters. The number of fused-ring (bicyclic) bond motifs is 1. The van der Waals surface area contributed by atoms with Gasteiger partial charge in [0.25, 0.3) is 0 Å². The number of nitrogens with zero attached hydrogens (tertiary/aromatic N) is 1. The lowest BCUT2D eigenvalue weighted by atomic mass is 10.0. The Balaban J connectivity index is 2.88. The van der Waals surface area contributed by atoms with Crippen LogP contribution in [0, 0.1) is 6.92 Å². The maximum Gasteiger partial charge on any atom is 0.249 e. The number of primary amides is 1. The van der Waals surface area contributed by atoms with Crippen LogP contribution in [0.2, 0.25) is 0 Å². The summed E-state index contributed by atoms with van der Waals surface area (Å²) in [4.78, 5) is 11.1. The number of hydrogen-bond acceptors (Lipinski definition) is 2. The molecule has 1 aromatic carbocycles. The maximum absolute atomic E-state index is 11.1. The number of hydrogen-bond donors (Lipinski definition) is 2. The third-order valence-electron chi connectivity index (χ3n) is 2.08. The Morgan fingerprint density at radius 2 is 2.31 bits per heavy atom. The molecule has 13 heavy (non-hydrogen) atoms. The van der Waals surface area contributed by atoms with E-state index in [0.717, 1.165) is 16.5 Å². The molecule has 4 nitrogen and oxygen atoms in total. The van der Waals surface area contributed by atoms with E-state index >= 15 is 0 Å². The van der Waals surface area contributed by atoms with Gasteiger partial charge in [-0.15, -0.1) is 0 Å². The number of aryl methyl sites for hydroxylation is 1. The Morgan fingerprint density at radius 3 is 3.00 bits per heavy atom. The molecule has 0 aliphatic heterocycles. The zero-order valence-electron chi connectivity index (χ0n) is 7.16. The molecule has 0 bridgehead atoms. The number of nitrogens with one attached hydrogen (secondary N) is 1. The summed E-state index contributed by atoms with van der Waals surface area (Å²) >= 11 is 0. The van der Waals surface area contributed by atoms with Gasteiger partial charge >= 0.3 is 0 Å². The fourth-order valence-electron chi connectivity index (χ4n) is 1.45. The smallest absolute Gasteiger partial charge is 0.249 e. The summed E-state index contributed by atoms with van der Waals surface area (Å²) in [5.74, 6) is -0.412. The van der Waals surface area contributed by atoms with Gasteiger partial charge in [-0.05, 0) is 18.6 Å². The van der Waals surface area contributed by atoms with Crippen LogP contribution in [-0.4, -0.2) is 16.1 Å². The SMILES string of the molecule is Cc1ccc2[nH]ncc2c1C(N)=O. The van der Waals surface area contributed by atoms with Gasteiger partial charge in [-0.25, -0.2) is 0 Å². The molecule has 0 saturated heterocycles. The van der Waals surface area contributed by atoms with Crippen LogP contribution in [-0.2, 0) is 0 Å². The number of aromatic nitrogens is 2. The first-order chi connectivity index (χ1) is 6.20. The molecule has 4 heteroatoms. The second-order valence-electron chi connectivity index (χ2n) is 2.95. The summed E-state index contributed by atoms with van der Waals surface area (Å²) in [6, 6.07) is 3.73. The highest BCUT2D eigenvalue weighted by Gasteiger charge is 2.10. The first-order valence-corrected chi connectivity index (χ1v) is 3.92. The minimum absolute atomic E-state index is 0.412. The van der Waals surface area contributed by atoms with Gasteiger partial charge in [-0.3, -0.25) is 9.89 Å². The van der Waals surface area contributed by atoms with E-state index in [-0.39, 0.29) is 0 Å². The van der Waals surface area contributed by atoms with Crippen LogP contribution in [0.5, 0.6) is 0 Å². The van der Waals surface area contributed by atoms with E-state index in [0.29, 0.717) is 5.56 Å². The molecular formula is C9H9N3O. The molecule has 0 aliphatic carbocycles. The van der Waals surface area contributed by atoms with Crippen molar-refractivity contribution in [3.63, 3.8) is 0 Å². The molecule has 2 rings (SSSR count). The Hall–Kier alpha value is -1.84. The fraction of sp³-hybridized carbons (Fsp3) is 0.111. The predicted molar refractivity (Wildman–Crippen MR) is 49.3 cm³/mol. The van der Waals surface area contributed by atoms with Gasteiger partial charge in [0.2, 0.25) is 5.91 Å². The number of carbonyl (C=O) groups excluding carboxylic acids is 1. The van der Waals surface area contributed by atoms with Gasteiger partial charge < -0.3 is 5.73 Å². The monoisotopic (exact) mass is 175 g/mol. The zero-order valence-corrected chi connectivity index (χ0v) is 7.16. The van der Waals surface area contributed by atoms with Crippen molar-refractivity contribution in [2.75, 3.05) is 0 Å². The second kappa shape index (κ2) is 2.58. The van der Waals surface area contributed by atoms with Gasteiger partial charge in [0.05, 0.1) is 17.3 Å². The van der Waals surface area contributed by atoms with Gasteiger partial charge in [0.15, 0.2) is 0 Å². The molecule has 0 spiro atoms. The average Bonchev–Trinajstić information content (AvgIpc) is 2.50. The van der Waals surface area contributed by atoms with E-state index in [1.807, 2.05) is 19.1 Å². The van der Waals surface area contributed by atoms with E-state index in [9.17, 15) is 4.79 Å². The molecular weight excluding hydrogens is 166 g/mol. The lowest BCUT2D eigenvalue weighted by Gasteiger charge is -2.01. The van der Waals surface area contributed by atoms with Crippen LogP contribution in [0.15, 0.2) is 18.3 Å². The van der Waals surface area contributed by atoms with Crippen molar-refractivity contribution in [2.45, 2.75) is 6.92 Å². The lowest BCUT2D eigenvalue weighted by molar-refractivity contribution is 0.100. The van der Waals surface area contributed by atoms with Crippen LogP contribution in [0.4, 0.5) is 0 Å². The predicted octanol–water partition coefficient (Wildman–Crippen LogP) is 0.970. The normalized spacial score (nSPS) is 10.5. The van der Waals surface area contributed by atoms with Crippen molar-refractivity contribution in [2.24, 2.45) is 5.73 Å². The summed E-state index contributed by atoms with van der Waals surface area (Å²) in [6.45, 7) is 1.85. The van der Waals surface area contributed by atoms with Gasteiger partial charge in [0.1, 0.15) is 0 Å². The molecule has 1 heterocycles. The number of rotatable bonds is 1. The minimum atomic E-state index is -0.412. The quantitative estimate of drug-likeness (QED) is 0.677. The third kappa shape index (κ3) is 1.07. The van der Waals surface area contributed by atoms with Crippen molar-refractivity contribution in [3.05, 3.63) is 29.5 Å². The van der Waals surface area contributed by atoms with Gasteiger partial charge in [-0.1, -0.05) is 6.07 Å². The summed E-state index contributed by atoms with van der Waals surface area (Å²) in [6.07, 6.45) is 1.61. The van der Waals surface area contributed by atoms with E-state index in [1.165, 1.54) is 0 Å². The highest BCUT2D eigenvalue weighted by atomic mass is 16.1. The average molecular weight is 175 g/mol. The minimum Gasteiger partial charge on any atom is -0.366 e. The Labute approximate surface area is 74.7 Å². The summed E-state index contributed by atoms with van der Waals surface area (Å²) < 4.78 is 0. The highest BCUT2D eigenvalue weighted by molar-refractivity contribution is 6.06. The number of nitrogens with two attached hydrogens (primary N) is 1. The van der Waals surface area contributed by atoms with E-state index in [2.05, 4.69) is 10.2 Å². The number of H-pyrrole nitrogens is 1. The Morgan fingerprint density at radius 1 is 1.54 bits per heavy atom. The molecule has 1 aromatic heterocycles. The Kier molecular flexibility index (Phi) is 1.55. The van der Waals surface area contributed by atoms with Crippen LogP contribution in [0.1, 0.15) is 15.9 Å². The van der Waals surface area contributed by atoms with Crippen LogP contribution < -0.4 is 5.73 Å². The van der Waals surface area contributed by atoms with E-state index in [4.69, 9.17) is 5.73 Å². The summed E-state index contributed by atoms with van der Waals surface area (Å²) in [7, 11) is 0. The van der Waals surface area contributed by atoms with Gasteiger partial charge in [-0.2, -0.15) is 5.10 Å². The maximum atomic E-state index is 11.1. The standard InChI is InChI=1S/C9H9N3O/c1-5-2-3-7-6(4-11-12-7)8(5)9(10)13/h2-4H,1H3,(H2,10,13)(H,11,12). The van der Waals surface area contributed by atoms with E-state index in [1.54, 1.807) is 6.20 Å². The van der Waals surface area contributed by atoms with E-state index < -0.39 is 5.91 Å². The second-order valence-corrected chi connectivity index (χ2v) is 2.95. The molecule has 3 N–H and O–H groups in total. The molecule has 0 aliphatic rings. The summed E-state index contributed by atoms with van der Waals surface area (Å²) in [5, 5.41) is 7.42. The third-order valence-corrected chi connectivity index (χ3v) is 2.08. The number of amides is 1. The van der Waals surface area contributed by atoms with Crippen molar-refractivity contribution in [3.8, 4) is 0 Å². The van der Waals surface area contributed by atoms with Crippen molar-refractivity contribution in [1.82, 2.24) is 10.2 Å². The first-order valence-electron chi connectivity index (χ1n) is 3.92. The molecule has 0 saturated carbocycles. The topological polar surface area (TPSA) is 71.8 Å². The number of aromatic amines is 1. The highest BCUT2D eigenvalue weighted by Crippen LogP contribution is 2.19. The first kappa shape index (κ1) is 7.79. The molecule has 66 valence electrons. The van der Waals surface area contributed by atoms with Crippen LogP contribution in [0.25, 0.3) is 10.9 Å². The number of benzene rings is 1. The summed E-state index contributed by atoms with van der Waals surface area (Å²) in [5.41, 5.74) is 7.52. The molecule has 0 radical (unpaired) electrons. The largest absolute Gasteiger partial charge is 0.366 e. The van der Waals surface area contributed by atoms with Crippen LogP contribution >= 0.6 is 0 Å². The molecule has 0 fully saturated rings. The molecule has 1 amide bonds. The van der Waals surface area contributed by atoms with Crippen molar-refractivity contribution in [1.29, 1.82) is 0 Å². The molecule has 0 unspecified atom stereocenters. The van der Waals surface area contributed by atoms with Crippen molar-refractivity contribution >= 4 is 16.8 Å². The number of carbonyl (C=O) groups is 1. The fourth-order valence-corrected chi connectivity index (χ4v) is 1.45. The van der Waals surface area contributed by atoms with Gasteiger partial charge in [0, 0.05) is 5.39 Å². The molecule has 2 aromatic rings. The Bertz CT molecular complexity index is 473. The van der Waals surface area contributed by atoms with Crippen LogP contribution in [0.3, 0.4) is 0 Å².